The van der Waals surface area contributed by atoms with Gasteiger partial charge in [0.1, 0.15) is 17.2 Å². The van der Waals surface area contributed by atoms with E-state index in [1.54, 1.807) is 30.5 Å². The summed E-state index contributed by atoms with van der Waals surface area (Å²) in [5.41, 5.74) is 4.02. The normalized spacial score (nSPS) is 10.7. The molecule has 2 heterocycles. The number of aromatic hydroxyl groups is 1. The summed E-state index contributed by atoms with van der Waals surface area (Å²) in [5.74, 6) is 0.525. The Hall–Kier alpha value is -4.01. The van der Waals surface area contributed by atoms with E-state index in [1.807, 2.05) is 6.92 Å². The first-order valence-electron chi connectivity index (χ1n) is 8.72. The van der Waals surface area contributed by atoms with Gasteiger partial charge in [-0.15, -0.1) is 0 Å². The predicted molar refractivity (Wildman–Crippen MR) is 106 cm³/mol. The lowest BCUT2D eigenvalue weighted by Gasteiger charge is -2.05. The Morgan fingerprint density at radius 1 is 1.24 bits per heavy atom. The van der Waals surface area contributed by atoms with Crippen LogP contribution in [-0.2, 0) is 0 Å². The van der Waals surface area contributed by atoms with Gasteiger partial charge in [0.25, 0.3) is 5.91 Å². The molecular weight excluding hydrogens is 374 g/mol. The quantitative estimate of drug-likeness (QED) is 0.467. The van der Waals surface area contributed by atoms with Crippen molar-refractivity contribution in [2.45, 2.75) is 6.92 Å². The number of ether oxygens (including phenoxy) is 2. The highest BCUT2D eigenvalue weighted by molar-refractivity contribution is 5.93. The minimum atomic E-state index is -0.545. The van der Waals surface area contributed by atoms with Gasteiger partial charge in [-0.3, -0.25) is 9.78 Å². The zero-order valence-electron chi connectivity index (χ0n) is 15.9. The number of hydrazone groups is 1. The number of carbonyl (C=O) groups excluding carboxylic acids is 1. The highest BCUT2D eigenvalue weighted by Gasteiger charge is 2.10. The number of amides is 1. The number of hydrogen-bond donors (Lipinski definition) is 2. The molecule has 148 valence electrons. The second-order valence-corrected chi connectivity index (χ2v) is 5.73. The molecule has 9 nitrogen and oxygen atoms in total. The number of phenols is 1. The Kier molecular flexibility index (Phi) is 6.31. The summed E-state index contributed by atoms with van der Waals surface area (Å²) in [6.45, 7) is 2.40. The molecule has 0 saturated carbocycles. The van der Waals surface area contributed by atoms with Crippen LogP contribution in [0.3, 0.4) is 0 Å². The molecule has 0 aliphatic rings. The molecule has 1 amide bonds. The van der Waals surface area contributed by atoms with E-state index in [0.717, 1.165) is 0 Å². The predicted octanol–water partition coefficient (Wildman–Crippen LogP) is 2.42. The number of pyridine rings is 1. The lowest BCUT2D eigenvalue weighted by molar-refractivity contribution is 0.0950. The Morgan fingerprint density at radius 3 is 2.83 bits per heavy atom. The molecule has 0 spiro atoms. The van der Waals surface area contributed by atoms with Crippen molar-refractivity contribution < 1.29 is 19.4 Å². The lowest BCUT2D eigenvalue weighted by Crippen LogP contribution is -2.19. The number of carbonyl (C=O) groups is 1. The molecule has 3 aromatic rings. The molecule has 0 radical (unpaired) electrons. The molecule has 0 saturated heterocycles. The third kappa shape index (κ3) is 5.04. The van der Waals surface area contributed by atoms with Crippen molar-refractivity contribution in [3.63, 3.8) is 0 Å². The zero-order chi connectivity index (χ0) is 20.6. The van der Waals surface area contributed by atoms with E-state index in [9.17, 15) is 9.90 Å². The van der Waals surface area contributed by atoms with Crippen LogP contribution < -0.4 is 14.9 Å². The van der Waals surface area contributed by atoms with Gasteiger partial charge < -0.3 is 14.6 Å². The Bertz CT molecular complexity index is 1020. The Labute approximate surface area is 167 Å². The van der Waals surface area contributed by atoms with Crippen molar-refractivity contribution in [3.8, 4) is 28.6 Å². The third-order valence-corrected chi connectivity index (χ3v) is 3.80. The van der Waals surface area contributed by atoms with Crippen LogP contribution in [0.4, 0.5) is 0 Å². The van der Waals surface area contributed by atoms with E-state index in [-0.39, 0.29) is 11.4 Å². The molecule has 0 aliphatic carbocycles. The molecule has 0 fully saturated rings. The van der Waals surface area contributed by atoms with E-state index in [4.69, 9.17) is 9.47 Å². The van der Waals surface area contributed by atoms with Crippen molar-refractivity contribution in [1.29, 1.82) is 0 Å². The van der Waals surface area contributed by atoms with Crippen molar-refractivity contribution in [2.75, 3.05) is 13.7 Å². The summed E-state index contributed by atoms with van der Waals surface area (Å²) in [6, 6.07) is 8.18. The largest absolute Gasteiger partial charge is 0.507 e. The van der Waals surface area contributed by atoms with Gasteiger partial charge in [-0.25, -0.2) is 15.4 Å². The van der Waals surface area contributed by atoms with Crippen molar-refractivity contribution >= 4 is 12.1 Å². The van der Waals surface area contributed by atoms with E-state index in [2.05, 4.69) is 25.5 Å². The number of aromatic nitrogens is 3. The van der Waals surface area contributed by atoms with E-state index in [1.165, 1.54) is 31.8 Å². The minimum Gasteiger partial charge on any atom is -0.507 e. The van der Waals surface area contributed by atoms with Gasteiger partial charge in [0.05, 0.1) is 38.0 Å². The van der Waals surface area contributed by atoms with Crippen molar-refractivity contribution in [3.05, 3.63) is 60.2 Å². The number of methoxy groups -OCH3 is 1. The molecule has 0 unspecified atom stereocenters. The first kappa shape index (κ1) is 19.7. The van der Waals surface area contributed by atoms with Crippen LogP contribution in [-0.4, -0.2) is 45.9 Å². The lowest BCUT2D eigenvalue weighted by atomic mass is 10.2. The third-order valence-electron chi connectivity index (χ3n) is 3.80. The summed E-state index contributed by atoms with van der Waals surface area (Å²) in [6.07, 6.45) is 5.77. The van der Waals surface area contributed by atoms with Crippen LogP contribution in [0, 0.1) is 0 Å². The summed E-state index contributed by atoms with van der Waals surface area (Å²) in [5, 5.41) is 13.7. The fourth-order valence-electron chi connectivity index (χ4n) is 2.36. The van der Waals surface area contributed by atoms with Crippen molar-refractivity contribution in [2.24, 2.45) is 5.10 Å². The summed E-state index contributed by atoms with van der Waals surface area (Å²) in [4.78, 5) is 24.8. The number of nitrogens with zero attached hydrogens (tertiary/aromatic N) is 4. The first-order valence-corrected chi connectivity index (χ1v) is 8.72. The fourth-order valence-corrected chi connectivity index (χ4v) is 2.36. The Morgan fingerprint density at radius 2 is 2.10 bits per heavy atom. The standard InChI is InChI=1S/C20H19N5O4/c1-3-29-19-7-4-13(9-22-19)16-11-21-12-17(24-16)20(27)25-23-10-14-8-15(28-2)5-6-18(14)26/h4-12,26H,3H2,1-2H3,(H,25,27)/b23-10+. The van der Waals surface area contributed by atoms with Crippen LogP contribution in [0.25, 0.3) is 11.3 Å². The molecule has 0 aliphatic heterocycles. The number of nitrogens with one attached hydrogen (secondary N) is 1. The Balaban J connectivity index is 1.71. The highest BCUT2D eigenvalue weighted by atomic mass is 16.5. The molecule has 3 rings (SSSR count). The van der Waals surface area contributed by atoms with Crippen molar-refractivity contribution in [1.82, 2.24) is 20.4 Å². The van der Waals surface area contributed by atoms with Crippen LogP contribution in [0.15, 0.2) is 54.0 Å². The second kappa shape index (κ2) is 9.27. The van der Waals surface area contributed by atoms with Crippen LogP contribution >= 0.6 is 0 Å². The van der Waals surface area contributed by atoms with E-state index < -0.39 is 5.91 Å². The zero-order valence-corrected chi connectivity index (χ0v) is 15.9. The maximum Gasteiger partial charge on any atom is 0.291 e. The van der Waals surface area contributed by atoms with Crippen LogP contribution in [0.2, 0.25) is 0 Å². The number of benzene rings is 1. The maximum absolute atomic E-state index is 12.3. The van der Waals surface area contributed by atoms with E-state index in [0.29, 0.717) is 35.1 Å². The monoisotopic (exact) mass is 393 g/mol. The van der Waals surface area contributed by atoms with Gasteiger partial charge in [-0.05, 0) is 31.2 Å². The summed E-state index contributed by atoms with van der Waals surface area (Å²) < 4.78 is 10.4. The maximum atomic E-state index is 12.3. The fraction of sp³-hybridized carbons (Fsp3) is 0.150. The average Bonchev–Trinajstić information content (AvgIpc) is 2.76. The average molecular weight is 393 g/mol. The SMILES string of the molecule is CCOc1ccc(-c2cncc(C(=O)N/N=C/c3cc(OC)ccc3O)n2)cn1. The first-order chi connectivity index (χ1) is 14.1. The molecule has 0 bridgehead atoms. The molecule has 2 N–H and O–H groups in total. The molecule has 1 aromatic carbocycles. The smallest absolute Gasteiger partial charge is 0.291 e. The number of rotatable bonds is 7. The molecule has 2 aromatic heterocycles. The number of hydrogen-bond acceptors (Lipinski definition) is 8. The van der Waals surface area contributed by atoms with E-state index >= 15 is 0 Å². The van der Waals surface area contributed by atoms with Gasteiger partial charge in [0.15, 0.2) is 0 Å². The highest BCUT2D eigenvalue weighted by Crippen LogP contribution is 2.21. The second-order valence-electron chi connectivity index (χ2n) is 5.73. The summed E-state index contributed by atoms with van der Waals surface area (Å²) in [7, 11) is 1.51. The van der Waals surface area contributed by atoms with Gasteiger partial charge >= 0.3 is 0 Å². The number of phenolic OH excluding ortho intramolecular Hbond substituents is 1. The summed E-state index contributed by atoms with van der Waals surface area (Å²) >= 11 is 0. The molecular formula is C20H19N5O4. The minimum absolute atomic E-state index is 0.00795. The molecule has 29 heavy (non-hydrogen) atoms. The molecule has 9 heteroatoms. The van der Waals surface area contributed by atoms with Gasteiger partial charge in [0.2, 0.25) is 5.88 Å². The van der Waals surface area contributed by atoms with Crippen LogP contribution in [0.1, 0.15) is 23.0 Å². The van der Waals surface area contributed by atoms with Gasteiger partial charge in [0, 0.05) is 23.4 Å². The van der Waals surface area contributed by atoms with Gasteiger partial charge in [-0.2, -0.15) is 5.10 Å². The van der Waals surface area contributed by atoms with Crippen LogP contribution in [0.5, 0.6) is 17.4 Å². The molecule has 0 atom stereocenters. The topological polar surface area (TPSA) is 119 Å². The van der Waals surface area contributed by atoms with Gasteiger partial charge in [-0.1, -0.05) is 0 Å².